The van der Waals surface area contributed by atoms with E-state index in [1.165, 1.54) is 24.8 Å². The van der Waals surface area contributed by atoms with Crippen LogP contribution in [-0.2, 0) is 4.79 Å². The monoisotopic (exact) mass is 379 g/mol. The molecule has 1 aliphatic rings. The number of carbonyl (C=O) groups is 2. The van der Waals surface area contributed by atoms with E-state index in [0.717, 1.165) is 29.8 Å². The summed E-state index contributed by atoms with van der Waals surface area (Å²) in [5.74, 6) is -0.128. The summed E-state index contributed by atoms with van der Waals surface area (Å²) in [4.78, 5) is 24.5. The maximum Gasteiger partial charge on any atom is 0.251 e. The molecule has 0 aromatic heterocycles. The minimum Gasteiger partial charge on any atom is -0.376 e. The van der Waals surface area contributed by atoms with E-state index in [0.29, 0.717) is 11.6 Å². The first-order chi connectivity index (χ1) is 13.5. The minimum absolute atomic E-state index is 0.0222. The van der Waals surface area contributed by atoms with Crippen LogP contribution in [0, 0.1) is 13.8 Å². The summed E-state index contributed by atoms with van der Waals surface area (Å²) in [6.45, 7) is 4.17. The van der Waals surface area contributed by atoms with Crippen molar-refractivity contribution in [2.75, 3.05) is 17.2 Å². The average Bonchev–Trinajstić information content (AvgIpc) is 2.70. The zero-order valence-electron chi connectivity index (χ0n) is 16.7. The third-order valence-corrected chi connectivity index (χ3v) is 5.20. The Bertz CT molecular complexity index is 824. The van der Waals surface area contributed by atoms with Crippen molar-refractivity contribution in [3.05, 3.63) is 59.2 Å². The van der Waals surface area contributed by atoms with Gasteiger partial charge in [-0.1, -0.05) is 37.0 Å². The highest BCUT2D eigenvalue weighted by Crippen LogP contribution is 2.18. The molecule has 3 N–H and O–H groups in total. The first-order valence-corrected chi connectivity index (χ1v) is 10.0. The van der Waals surface area contributed by atoms with Crippen molar-refractivity contribution in [1.29, 1.82) is 0 Å². The van der Waals surface area contributed by atoms with E-state index in [4.69, 9.17) is 0 Å². The van der Waals surface area contributed by atoms with Crippen molar-refractivity contribution >= 4 is 23.2 Å². The molecule has 1 saturated carbocycles. The van der Waals surface area contributed by atoms with Crippen molar-refractivity contribution in [3.8, 4) is 0 Å². The molecule has 0 atom stereocenters. The Morgan fingerprint density at radius 3 is 2.36 bits per heavy atom. The van der Waals surface area contributed by atoms with Crippen LogP contribution in [-0.4, -0.2) is 24.4 Å². The highest BCUT2D eigenvalue weighted by atomic mass is 16.2. The van der Waals surface area contributed by atoms with Crippen molar-refractivity contribution < 1.29 is 9.59 Å². The normalized spacial score (nSPS) is 14.4. The van der Waals surface area contributed by atoms with E-state index < -0.39 is 0 Å². The Hall–Kier alpha value is -2.82. The van der Waals surface area contributed by atoms with Gasteiger partial charge in [-0.2, -0.15) is 0 Å². The van der Waals surface area contributed by atoms with E-state index in [2.05, 4.69) is 16.0 Å². The Balaban J connectivity index is 1.48. The van der Waals surface area contributed by atoms with E-state index in [-0.39, 0.29) is 18.4 Å². The molecule has 2 aromatic carbocycles. The van der Waals surface area contributed by atoms with Crippen LogP contribution in [0.5, 0.6) is 0 Å². The zero-order chi connectivity index (χ0) is 19.9. The van der Waals surface area contributed by atoms with Crippen LogP contribution in [0.25, 0.3) is 0 Å². The molecular weight excluding hydrogens is 350 g/mol. The summed E-state index contributed by atoms with van der Waals surface area (Å²) in [7, 11) is 0. The lowest BCUT2D eigenvalue weighted by Gasteiger charge is -2.22. The summed E-state index contributed by atoms with van der Waals surface area (Å²) >= 11 is 0. The first-order valence-electron chi connectivity index (χ1n) is 10.0. The maximum atomic E-state index is 12.4. The number of benzene rings is 2. The molecule has 5 heteroatoms. The number of rotatable bonds is 6. The molecule has 2 aromatic rings. The van der Waals surface area contributed by atoms with E-state index in [9.17, 15) is 9.59 Å². The quantitative estimate of drug-likeness (QED) is 0.696. The van der Waals surface area contributed by atoms with Gasteiger partial charge in [-0.25, -0.2) is 0 Å². The smallest absolute Gasteiger partial charge is 0.251 e. The molecule has 5 nitrogen and oxygen atoms in total. The minimum atomic E-state index is -0.105. The fraction of sp³-hybridized carbons (Fsp3) is 0.391. The summed E-state index contributed by atoms with van der Waals surface area (Å²) in [5, 5.41) is 9.13. The molecule has 3 rings (SSSR count). The molecule has 2 amide bonds. The summed E-state index contributed by atoms with van der Waals surface area (Å²) < 4.78 is 0. The molecule has 0 saturated heterocycles. The van der Waals surface area contributed by atoms with Crippen LogP contribution in [0.4, 0.5) is 11.4 Å². The standard InChI is InChI=1S/C23H29N3O2/c1-16-8-13-21(17(2)14-16)26-22(27)15-24-19-11-9-18(10-12-19)23(28)25-20-6-4-3-5-7-20/h8-14,20,24H,3-7,15H2,1-2H3,(H,25,28)(H,26,27). The second kappa shape index (κ2) is 9.40. The first kappa shape index (κ1) is 19.9. The van der Waals surface area contributed by atoms with Gasteiger partial charge >= 0.3 is 0 Å². The third-order valence-electron chi connectivity index (χ3n) is 5.20. The lowest BCUT2D eigenvalue weighted by Crippen LogP contribution is -2.36. The van der Waals surface area contributed by atoms with Crippen molar-refractivity contribution in [1.82, 2.24) is 5.32 Å². The number of nitrogens with one attached hydrogen (secondary N) is 3. The van der Waals surface area contributed by atoms with Gasteiger partial charge in [0.1, 0.15) is 0 Å². The van der Waals surface area contributed by atoms with E-state index in [1.54, 1.807) is 12.1 Å². The molecular formula is C23H29N3O2. The van der Waals surface area contributed by atoms with Gasteiger partial charge in [-0.05, 0) is 62.6 Å². The van der Waals surface area contributed by atoms with Gasteiger partial charge in [0.2, 0.25) is 5.91 Å². The second-order valence-electron chi connectivity index (χ2n) is 7.61. The zero-order valence-corrected chi connectivity index (χ0v) is 16.7. The van der Waals surface area contributed by atoms with E-state index >= 15 is 0 Å². The van der Waals surface area contributed by atoms with Gasteiger partial charge in [-0.3, -0.25) is 9.59 Å². The lowest BCUT2D eigenvalue weighted by molar-refractivity contribution is -0.114. The number of hydrogen-bond donors (Lipinski definition) is 3. The Morgan fingerprint density at radius 1 is 0.964 bits per heavy atom. The largest absolute Gasteiger partial charge is 0.376 e. The van der Waals surface area contributed by atoms with Crippen LogP contribution in [0.3, 0.4) is 0 Å². The van der Waals surface area contributed by atoms with Gasteiger partial charge < -0.3 is 16.0 Å². The molecule has 0 spiro atoms. The fourth-order valence-electron chi connectivity index (χ4n) is 3.59. The van der Waals surface area contributed by atoms with Crippen LogP contribution in [0.1, 0.15) is 53.6 Å². The molecule has 0 unspecified atom stereocenters. The number of carbonyl (C=O) groups excluding carboxylic acids is 2. The van der Waals surface area contributed by atoms with Crippen LogP contribution in [0.2, 0.25) is 0 Å². The van der Waals surface area contributed by atoms with Gasteiger partial charge in [0.15, 0.2) is 0 Å². The average molecular weight is 380 g/mol. The van der Waals surface area contributed by atoms with Crippen LogP contribution in [0.15, 0.2) is 42.5 Å². The number of hydrogen-bond acceptors (Lipinski definition) is 3. The summed E-state index contributed by atoms with van der Waals surface area (Å²) in [6, 6.07) is 13.5. The van der Waals surface area contributed by atoms with Crippen LogP contribution >= 0.6 is 0 Å². The Morgan fingerprint density at radius 2 is 1.68 bits per heavy atom. The van der Waals surface area contributed by atoms with Gasteiger partial charge in [0.05, 0.1) is 6.54 Å². The summed E-state index contributed by atoms with van der Waals surface area (Å²) in [5.41, 5.74) is 4.50. The lowest BCUT2D eigenvalue weighted by atomic mass is 9.95. The number of amides is 2. The highest BCUT2D eigenvalue weighted by Gasteiger charge is 2.16. The topological polar surface area (TPSA) is 70.2 Å². The fourth-order valence-corrected chi connectivity index (χ4v) is 3.59. The molecule has 28 heavy (non-hydrogen) atoms. The molecule has 0 bridgehead atoms. The molecule has 148 valence electrons. The third kappa shape index (κ3) is 5.59. The molecule has 0 aliphatic heterocycles. The predicted octanol–water partition coefficient (Wildman–Crippen LogP) is 4.42. The van der Waals surface area contributed by atoms with Gasteiger partial charge in [-0.15, -0.1) is 0 Å². The highest BCUT2D eigenvalue weighted by molar-refractivity contribution is 5.95. The van der Waals surface area contributed by atoms with Crippen molar-refractivity contribution in [3.63, 3.8) is 0 Å². The maximum absolute atomic E-state index is 12.4. The molecule has 0 radical (unpaired) electrons. The van der Waals surface area contributed by atoms with Crippen molar-refractivity contribution in [2.24, 2.45) is 0 Å². The molecule has 0 heterocycles. The second-order valence-corrected chi connectivity index (χ2v) is 7.61. The Labute approximate surface area is 166 Å². The van der Waals surface area contributed by atoms with Crippen LogP contribution < -0.4 is 16.0 Å². The van der Waals surface area contributed by atoms with Gasteiger partial charge in [0.25, 0.3) is 5.91 Å². The summed E-state index contributed by atoms with van der Waals surface area (Å²) in [6.07, 6.45) is 5.79. The predicted molar refractivity (Wildman–Crippen MR) is 114 cm³/mol. The molecule has 1 fully saturated rings. The Kier molecular flexibility index (Phi) is 6.69. The SMILES string of the molecule is Cc1ccc(NC(=O)CNc2ccc(C(=O)NC3CCCCC3)cc2)c(C)c1. The molecule has 1 aliphatic carbocycles. The van der Waals surface area contributed by atoms with Crippen molar-refractivity contribution in [2.45, 2.75) is 52.0 Å². The number of anilines is 2. The van der Waals surface area contributed by atoms with Gasteiger partial charge in [0, 0.05) is 23.0 Å². The number of aryl methyl sites for hydroxylation is 2. The van der Waals surface area contributed by atoms with E-state index in [1.807, 2.05) is 44.2 Å².